The molecule has 0 fully saturated rings. The van der Waals surface area contributed by atoms with Crippen LogP contribution in [0, 0.1) is 0 Å². The van der Waals surface area contributed by atoms with Crippen LogP contribution in [-0.2, 0) is 15.1 Å². The third kappa shape index (κ3) is 3.64. The summed E-state index contributed by atoms with van der Waals surface area (Å²) in [6, 6.07) is 11.0. The van der Waals surface area contributed by atoms with Gasteiger partial charge in [-0.3, -0.25) is 9.69 Å². The van der Waals surface area contributed by atoms with Crippen LogP contribution in [-0.4, -0.2) is 43.1 Å². The van der Waals surface area contributed by atoms with Gasteiger partial charge in [0, 0.05) is 35.7 Å². The average molecular weight is 448 g/mol. The molecule has 0 bridgehead atoms. The quantitative estimate of drug-likeness (QED) is 0.695. The molecule has 0 aromatic heterocycles. The Kier molecular flexibility index (Phi) is 5.66. The lowest BCUT2D eigenvalue weighted by molar-refractivity contribution is -0.132. The van der Waals surface area contributed by atoms with Crippen LogP contribution < -0.4 is 10.5 Å². The predicted octanol–water partition coefficient (Wildman–Crippen LogP) is 4.22. The third-order valence-electron chi connectivity index (χ3n) is 5.40. The van der Waals surface area contributed by atoms with Crippen molar-refractivity contribution in [3.8, 4) is 16.9 Å². The monoisotopic (exact) mass is 447 g/mol. The van der Waals surface area contributed by atoms with Gasteiger partial charge in [0.1, 0.15) is 11.9 Å². The molecule has 0 saturated heterocycles. The van der Waals surface area contributed by atoms with E-state index in [0.717, 1.165) is 17.5 Å². The van der Waals surface area contributed by atoms with Crippen molar-refractivity contribution in [3.05, 3.63) is 52.0 Å². The lowest BCUT2D eigenvalue weighted by atomic mass is 9.80. The van der Waals surface area contributed by atoms with Gasteiger partial charge >= 0.3 is 0 Å². The topological polar surface area (TPSA) is 77.2 Å². The van der Waals surface area contributed by atoms with Crippen LogP contribution in [0.2, 0.25) is 10.0 Å². The Morgan fingerprint density at radius 3 is 2.60 bits per heavy atom. The first-order valence-electron chi connectivity index (χ1n) is 9.83. The number of hydrogen-bond acceptors (Lipinski definition) is 5. The summed E-state index contributed by atoms with van der Waals surface area (Å²) in [5.41, 5.74) is 7.28. The van der Waals surface area contributed by atoms with E-state index in [-0.39, 0.29) is 18.0 Å². The molecule has 2 atom stereocenters. The molecule has 8 heteroatoms. The summed E-state index contributed by atoms with van der Waals surface area (Å²) in [5.74, 6) is 0.618. The van der Waals surface area contributed by atoms with Crippen molar-refractivity contribution < 1.29 is 14.3 Å². The number of amides is 1. The minimum absolute atomic E-state index is 0.175. The molecule has 4 rings (SSSR count). The molecular formula is C22H23Cl2N3O3. The number of nitrogens with two attached hydrogens (primary N) is 1. The zero-order chi connectivity index (χ0) is 21.5. The maximum atomic E-state index is 13.3. The molecule has 2 heterocycles. The second-order valence-corrected chi connectivity index (χ2v) is 8.46. The lowest BCUT2D eigenvalue weighted by Crippen LogP contribution is -2.46. The Morgan fingerprint density at radius 1 is 1.23 bits per heavy atom. The summed E-state index contributed by atoms with van der Waals surface area (Å²) in [6.45, 7) is 3.06. The van der Waals surface area contributed by atoms with Crippen molar-refractivity contribution in [2.75, 3.05) is 20.3 Å². The van der Waals surface area contributed by atoms with E-state index in [2.05, 4.69) is 4.99 Å². The van der Waals surface area contributed by atoms with Crippen LogP contribution in [0.4, 0.5) is 0 Å². The van der Waals surface area contributed by atoms with Gasteiger partial charge in [0.05, 0.1) is 6.61 Å². The van der Waals surface area contributed by atoms with Crippen molar-refractivity contribution in [3.63, 3.8) is 0 Å². The largest absolute Gasteiger partial charge is 0.488 e. The van der Waals surface area contributed by atoms with Crippen LogP contribution in [0.3, 0.4) is 0 Å². The van der Waals surface area contributed by atoms with Crippen molar-refractivity contribution in [2.24, 2.45) is 10.7 Å². The molecule has 0 saturated carbocycles. The Morgan fingerprint density at radius 2 is 1.97 bits per heavy atom. The minimum atomic E-state index is -1.13. The van der Waals surface area contributed by atoms with Gasteiger partial charge in [0.25, 0.3) is 5.91 Å². The van der Waals surface area contributed by atoms with E-state index >= 15 is 0 Å². The Hall–Kier alpha value is -2.28. The number of hydrogen-bond donors (Lipinski definition) is 1. The summed E-state index contributed by atoms with van der Waals surface area (Å²) in [5, 5.41) is 1.07. The van der Waals surface area contributed by atoms with Crippen molar-refractivity contribution in [1.29, 1.82) is 0 Å². The zero-order valence-electron chi connectivity index (χ0n) is 16.8. The van der Waals surface area contributed by atoms with Crippen LogP contribution >= 0.6 is 23.2 Å². The molecule has 1 spiro atoms. The van der Waals surface area contributed by atoms with Gasteiger partial charge in [-0.25, -0.2) is 4.99 Å². The first kappa shape index (κ1) is 21.0. The minimum Gasteiger partial charge on any atom is -0.488 e. The SMILES string of the molecule is CCCOC[C@@H]1C[C@]2(N=C(N)N(C)C2=O)c2cc(-c3cc(Cl)cc(Cl)c3)ccc2O1. The summed E-state index contributed by atoms with van der Waals surface area (Å²) in [4.78, 5) is 19.3. The number of aliphatic imine (C=N–C) groups is 1. The Balaban J connectivity index is 1.80. The van der Waals surface area contributed by atoms with Gasteiger partial charge in [-0.05, 0) is 47.9 Å². The van der Waals surface area contributed by atoms with Gasteiger partial charge in [0.15, 0.2) is 11.5 Å². The first-order valence-corrected chi connectivity index (χ1v) is 10.6. The summed E-state index contributed by atoms with van der Waals surface area (Å²) >= 11 is 12.4. The van der Waals surface area contributed by atoms with E-state index in [4.69, 9.17) is 38.4 Å². The van der Waals surface area contributed by atoms with Crippen LogP contribution in [0.25, 0.3) is 11.1 Å². The fraction of sp³-hybridized carbons (Fsp3) is 0.364. The summed E-state index contributed by atoms with van der Waals surface area (Å²) in [7, 11) is 1.63. The van der Waals surface area contributed by atoms with Crippen molar-refractivity contribution in [2.45, 2.75) is 31.4 Å². The normalized spacial score (nSPS) is 22.8. The molecule has 30 heavy (non-hydrogen) atoms. The van der Waals surface area contributed by atoms with E-state index in [0.29, 0.717) is 41.0 Å². The third-order valence-corrected chi connectivity index (χ3v) is 5.83. The molecule has 2 aromatic rings. The van der Waals surface area contributed by atoms with Crippen LogP contribution in [0.15, 0.2) is 41.4 Å². The summed E-state index contributed by atoms with van der Waals surface area (Å²) < 4.78 is 11.9. The molecule has 2 aliphatic rings. The number of guanidine groups is 1. The highest BCUT2D eigenvalue weighted by atomic mass is 35.5. The fourth-order valence-corrected chi connectivity index (χ4v) is 4.50. The maximum Gasteiger partial charge on any atom is 0.261 e. The maximum absolute atomic E-state index is 13.3. The number of carbonyl (C=O) groups is 1. The highest BCUT2D eigenvalue weighted by molar-refractivity contribution is 6.35. The smallest absolute Gasteiger partial charge is 0.261 e. The van der Waals surface area contributed by atoms with Crippen LogP contribution in [0.5, 0.6) is 5.75 Å². The highest BCUT2D eigenvalue weighted by Gasteiger charge is 2.53. The number of ether oxygens (including phenoxy) is 2. The molecule has 2 N–H and O–H groups in total. The van der Waals surface area contributed by atoms with Crippen molar-refractivity contribution >= 4 is 35.1 Å². The predicted molar refractivity (Wildman–Crippen MR) is 118 cm³/mol. The number of fused-ring (bicyclic) bond motifs is 2. The second kappa shape index (κ2) is 8.10. The molecule has 2 aromatic carbocycles. The number of rotatable bonds is 5. The second-order valence-electron chi connectivity index (χ2n) is 7.58. The van der Waals surface area contributed by atoms with Crippen LogP contribution in [0.1, 0.15) is 25.3 Å². The number of halogens is 2. The first-order chi connectivity index (χ1) is 14.3. The number of carbonyl (C=O) groups excluding carboxylic acids is 1. The molecular weight excluding hydrogens is 425 g/mol. The Labute approximate surface area is 185 Å². The van der Waals surface area contributed by atoms with E-state index in [1.165, 1.54) is 4.90 Å². The molecule has 0 radical (unpaired) electrons. The van der Waals surface area contributed by atoms with Gasteiger partial charge < -0.3 is 15.2 Å². The van der Waals surface area contributed by atoms with Gasteiger partial charge in [-0.15, -0.1) is 0 Å². The molecule has 2 aliphatic heterocycles. The van der Waals surface area contributed by atoms with Crippen molar-refractivity contribution in [1.82, 2.24) is 4.90 Å². The average Bonchev–Trinajstić information content (AvgIpc) is 2.91. The summed E-state index contributed by atoms with van der Waals surface area (Å²) in [6.07, 6.45) is 0.961. The number of nitrogens with zero attached hydrogens (tertiary/aromatic N) is 2. The van der Waals surface area contributed by atoms with Gasteiger partial charge in [-0.2, -0.15) is 0 Å². The lowest BCUT2D eigenvalue weighted by Gasteiger charge is -2.36. The molecule has 158 valence electrons. The highest BCUT2D eigenvalue weighted by Crippen LogP contribution is 2.47. The fourth-order valence-electron chi connectivity index (χ4n) is 3.98. The molecule has 6 nitrogen and oxygen atoms in total. The zero-order valence-corrected chi connectivity index (χ0v) is 18.3. The molecule has 0 unspecified atom stereocenters. The number of benzene rings is 2. The Bertz CT molecular complexity index is 1010. The van der Waals surface area contributed by atoms with E-state index in [1.54, 1.807) is 13.1 Å². The van der Waals surface area contributed by atoms with Gasteiger partial charge in [0.2, 0.25) is 0 Å². The van der Waals surface area contributed by atoms with E-state index < -0.39 is 5.54 Å². The van der Waals surface area contributed by atoms with E-state index in [1.807, 2.05) is 37.3 Å². The molecule has 1 amide bonds. The van der Waals surface area contributed by atoms with E-state index in [9.17, 15) is 4.79 Å². The number of likely N-dealkylation sites (N-methyl/N-ethyl adjacent to an activating group) is 1. The standard InChI is InChI=1S/C22H23Cl2N3O3/c1-3-6-29-12-17-11-22(20(28)27(2)21(25)26-22)18-9-13(4-5-19(18)30-17)14-7-15(23)10-16(24)8-14/h4-5,7-10,17H,3,6,11-12H2,1-2H3,(H2,25,26)/t17-,22-/m0/s1. The molecule has 0 aliphatic carbocycles. The van der Waals surface area contributed by atoms with Gasteiger partial charge in [-0.1, -0.05) is 36.2 Å².